The summed E-state index contributed by atoms with van der Waals surface area (Å²) in [5.74, 6) is -0.762. The molecule has 1 aliphatic rings. The van der Waals surface area contributed by atoms with E-state index in [1.807, 2.05) is 6.92 Å². The molecule has 0 spiro atoms. The van der Waals surface area contributed by atoms with Gasteiger partial charge >= 0.3 is 0 Å². The molecule has 1 fully saturated rings. The van der Waals surface area contributed by atoms with Crippen LogP contribution in [0.1, 0.15) is 30.6 Å². The number of morpholine rings is 1. The normalized spacial score (nSPS) is 21.6. The number of hydrogen-bond donors (Lipinski definition) is 0. The van der Waals surface area contributed by atoms with Gasteiger partial charge in [0.25, 0.3) is 0 Å². The van der Waals surface area contributed by atoms with Gasteiger partial charge in [0, 0.05) is 25.0 Å². The Hall–Kier alpha value is -1.26. The lowest BCUT2D eigenvalue weighted by Crippen LogP contribution is -2.47. The molecule has 0 saturated carbocycles. The van der Waals surface area contributed by atoms with Gasteiger partial charge in [0.15, 0.2) is 5.78 Å². The van der Waals surface area contributed by atoms with Gasteiger partial charge in [0.05, 0.1) is 18.8 Å². The second-order valence-electron chi connectivity index (χ2n) is 5.38. The summed E-state index contributed by atoms with van der Waals surface area (Å²) in [5, 5.41) is 0. The molecule has 2 rings (SSSR count). The molecule has 3 nitrogen and oxygen atoms in total. The Morgan fingerprint density at radius 3 is 2.95 bits per heavy atom. The number of carbonyl (C=O) groups excluding carboxylic acids is 1. The zero-order valence-corrected chi connectivity index (χ0v) is 12.1. The number of carbonyl (C=O) groups is 1. The molecular formula is C16H22FNO2. The standard InChI is InChI=1S/C16H22FNO2/c1-3-13-11-20-9-8-18(13)10-12(2)16(19)14-6-4-5-7-15(14)17/h4-7,12-13H,3,8-11H2,1-2H3. The predicted octanol–water partition coefficient (Wildman–Crippen LogP) is 2.76. The van der Waals surface area contributed by atoms with Crippen molar-refractivity contribution in [3.8, 4) is 0 Å². The van der Waals surface area contributed by atoms with Crippen molar-refractivity contribution >= 4 is 5.78 Å². The zero-order chi connectivity index (χ0) is 14.5. The molecule has 110 valence electrons. The number of halogens is 1. The van der Waals surface area contributed by atoms with E-state index in [4.69, 9.17) is 4.74 Å². The van der Waals surface area contributed by atoms with Gasteiger partial charge in [-0.1, -0.05) is 26.0 Å². The van der Waals surface area contributed by atoms with E-state index in [1.165, 1.54) is 6.07 Å². The maximum atomic E-state index is 13.7. The maximum Gasteiger partial charge on any atom is 0.169 e. The van der Waals surface area contributed by atoms with Gasteiger partial charge in [-0.25, -0.2) is 4.39 Å². The van der Waals surface area contributed by atoms with E-state index in [1.54, 1.807) is 18.2 Å². The van der Waals surface area contributed by atoms with E-state index in [0.29, 0.717) is 19.2 Å². The highest BCUT2D eigenvalue weighted by Crippen LogP contribution is 2.17. The number of hydrogen-bond acceptors (Lipinski definition) is 3. The summed E-state index contributed by atoms with van der Waals surface area (Å²) in [6, 6.07) is 6.56. The van der Waals surface area contributed by atoms with Gasteiger partial charge in [-0.05, 0) is 18.6 Å². The quantitative estimate of drug-likeness (QED) is 0.776. The first kappa shape index (κ1) is 15.1. The molecule has 1 aliphatic heterocycles. The predicted molar refractivity (Wildman–Crippen MR) is 76.4 cm³/mol. The SMILES string of the molecule is CCC1COCCN1CC(C)C(=O)c1ccccc1F. The Morgan fingerprint density at radius 2 is 2.25 bits per heavy atom. The Morgan fingerprint density at radius 1 is 1.50 bits per heavy atom. The first-order valence-corrected chi connectivity index (χ1v) is 7.24. The largest absolute Gasteiger partial charge is 0.378 e. The zero-order valence-electron chi connectivity index (χ0n) is 12.1. The van der Waals surface area contributed by atoms with Crippen molar-refractivity contribution in [2.75, 3.05) is 26.3 Å². The fraction of sp³-hybridized carbons (Fsp3) is 0.562. The minimum atomic E-state index is -0.432. The number of ketones is 1. The van der Waals surface area contributed by atoms with Crippen LogP contribution in [-0.4, -0.2) is 43.0 Å². The molecular weight excluding hydrogens is 257 g/mol. The van der Waals surface area contributed by atoms with Crippen molar-refractivity contribution in [3.63, 3.8) is 0 Å². The van der Waals surface area contributed by atoms with E-state index < -0.39 is 5.82 Å². The van der Waals surface area contributed by atoms with Gasteiger partial charge in [-0.15, -0.1) is 0 Å². The molecule has 0 amide bonds. The minimum Gasteiger partial charge on any atom is -0.378 e. The molecule has 1 aromatic carbocycles. The van der Waals surface area contributed by atoms with E-state index in [0.717, 1.165) is 19.6 Å². The molecule has 0 aliphatic carbocycles. The maximum absolute atomic E-state index is 13.7. The van der Waals surface area contributed by atoms with Crippen LogP contribution in [0.4, 0.5) is 4.39 Å². The van der Waals surface area contributed by atoms with Crippen molar-refractivity contribution in [3.05, 3.63) is 35.6 Å². The van der Waals surface area contributed by atoms with Gasteiger partial charge < -0.3 is 4.74 Å². The van der Waals surface area contributed by atoms with Crippen molar-refractivity contribution in [2.24, 2.45) is 5.92 Å². The highest BCUT2D eigenvalue weighted by atomic mass is 19.1. The molecule has 2 atom stereocenters. The van der Waals surface area contributed by atoms with Crippen LogP contribution in [0.25, 0.3) is 0 Å². The monoisotopic (exact) mass is 279 g/mol. The molecule has 20 heavy (non-hydrogen) atoms. The van der Waals surface area contributed by atoms with Crippen LogP contribution in [0.5, 0.6) is 0 Å². The minimum absolute atomic E-state index is 0.121. The highest BCUT2D eigenvalue weighted by molar-refractivity contribution is 5.98. The molecule has 0 aromatic heterocycles. The van der Waals surface area contributed by atoms with Crippen molar-refractivity contribution < 1.29 is 13.9 Å². The third kappa shape index (κ3) is 3.44. The molecule has 1 aromatic rings. The van der Waals surface area contributed by atoms with Crippen LogP contribution in [0.3, 0.4) is 0 Å². The Bertz CT molecular complexity index is 464. The van der Waals surface area contributed by atoms with Crippen LogP contribution in [0.2, 0.25) is 0 Å². The molecule has 0 radical (unpaired) electrons. The van der Waals surface area contributed by atoms with Gasteiger partial charge in [0.1, 0.15) is 5.82 Å². The number of nitrogens with zero attached hydrogens (tertiary/aromatic N) is 1. The molecule has 2 unspecified atom stereocenters. The lowest BCUT2D eigenvalue weighted by atomic mass is 9.97. The Labute approximate surface area is 119 Å². The van der Waals surface area contributed by atoms with Gasteiger partial charge in [-0.3, -0.25) is 9.69 Å². The van der Waals surface area contributed by atoms with Crippen LogP contribution in [0, 0.1) is 11.7 Å². The molecule has 1 heterocycles. The number of Topliss-reactive ketones (excluding diaryl/α,β-unsaturated/α-hetero) is 1. The third-order valence-corrected chi connectivity index (χ3v) is 3.92. The molecule has 0 N–H and O–H groups in total. The topological polar surface area (TPSA) is 29.5 Å². The van der Waals surface area contributed by atoms with E-state index in [-0.39, 0.29) is 17.3 Å². The van der Waals surface area contributed by atoms with Gasteiger partial charge in [-0.2, -0.15) is 0 Å². The highest BCUT2D eigenvalue weighted by Gasteiger charge is 2.26. The third-order valence-electron chi connectivity index (χ3n) is 3.92. The summed E-state index contributed by atoms with van der Waals surface area (Å²) in [6.07, 6.45) is 1.00. The summed E-state index contributed by atoms with van der Waals surface area (Å²) < 4.78 is 19.1. The summed E-state index contributed by atoms with van der Waals surface area (Å²) >= 11 is 0. The second kappa shape index (κ2) is 6.95. The van der Waals surface area contributed by atoms with Gasteiger partial charge in [0.2, 0.25) is 0 Å². The van der Waals surface area contributed by atoms with Crippen molar-refractivity contribution in [2.45, 2.75) is 26.3 Å². The first-order valence-electron chi connectivity index (χ1n) is 7.24. The first-order chi connectivity index (χ1) is 9.63. The number of ether oxygens (including phenoxy) is 1. The van der Waals surface area contributed by atoms with Crippen LogP contribution < -0.4 is 0 Å². The number of benzene rings is 1. The van der Waals surface area contributed by atoms with Crippen molar-refractivity contribution in [1.29, 1.82) is 0 Å². The summed E-state index contributed by atoms with van der Waals surface area (Å²) in [5.41, 5.74) is 0.196. The van der Waals surface area contributed by atoms with E-state index >= 15 is 0 Å². The van der Waals surface area contributed by atoms with Crippen LogP contribution in [0.15, 0.2) is 24.3 Å². The summed E-state index contributed by atoms with van der Waals surface area (Å²) in [4.78, 5) is 14.6. The van der Waals surface area contributed by atoms with E-state index in [2.05, 4.69) is 11.8 Å². The summed E-state index contributed by atoms with van der Waals surface area (Å²) in [7, 11) is 0. The lowest BCUT2D eigenvalue weighted by Gasteiger charge is -2.36. The van der Waals surface area contributed by atoms with Crippen LogP contribution >= 0.6 is 0 Å². The fourth-order valence-electron chi connectivity index (χ4n) is 2.67. The van der Waals surface area contributed by atoms with Crippen LogP contribution in [-0.2, 0) is 4.74 Å². The molecule has 1 saturated heterocycles. The lowest BCUT2D eigenvalue weighted by molar-refractivity contribution is -0.0133. The fourth-order valence-corrected chi connectivity index (χ4v) is 2.67. The van der Waals surface area contributed by atoms with E-state index in [9.17, 15) is 9.18 Å². The van der Waals surface area contributed by atoms with Crippen molar-refractivity contribution in [1.82, 2.24) is 4.90 Å². The smallest absolute Gasteiger partial charge is 0.169 e. The second-order valence-corrected chi connectivity index (χ2v) is 5.38. The Balaban J connectivity index is 2.02. The average molecular weight is 279 g/mol. The average Bonchev–Trinajstić information content (AvgIpc) is 2.47. The Kier molecular flexibility index (Phi) is 5.26. The molecule has 4 heteroatoms. The molecule has 0 bridgehead atoms. The summed E-state index contributed by atoms with van der Waals surface area (Å²) in [6.45, 7) is 6.92. The number of rotatable bonds is 5.